The molecule has 0 spiro atoms. The first-order chi connectivity index (χ1) is 12.1. The number of halogens is 3. The van der Waals surface area contributed by atoms with E-state index in [2.05, 4.69) is 6.92 Å². The lowest BCUT2D eigenvalue weighted by Gasteiger charge is -2.42. The Kier molecular flexibility index (Phi) is 9.05. The van der Waals surface area contributed by atoms with Crippen molar-refractivity contribution in [2.75, 3.05) is 13.2 Å². The summed E-state index contributed by atoms with van der Waals surface area (Å²) in [6.45, 7) is 5.01. The normalized spacial score (nSPS) is 39.5. The molecule has 0 radical (unpaired) electrons. The smallest absolute Gasteiger partial charge is 0.157 e. The molecule has 0 aromatic carbocycles. The van der Waals surface area contributed by atoms with Crippen LogP contribution in [0.1, 0.15) is 71.6 Å². The van der Waals surface area contributed by atoms with Crippen LogP contribution in [-0.4, -0.2) is 43.9 Å². The monoisotopic (exact) mass is 364 g/mol. The van der Waals surface area contributed by atoms with Crippen LogP contribution in [0.2, 0.25) is 0 Å². The summed E-state index contributed by atoms with van der Waals surface area (Å²) in [4.78, 5) is 0. The number of alkyl halides is 3. The Labute approximate surface area is 150 Å². The molecular weight excluding hydrogens is 329 g/mol. The van der Waals surface area contributed by atoms with Gasteiger partial charge in [-0.2, -0.15) is 0 Å². The molecule has 148 valence electrons. The van der Waals surface area contributed by atoms with Crippen molar-refractivity contribution in [3.8, 4) is 0 Å². The maximum atomic E-state index is 14.7. The third-order valence-electron chi connectivity index (χ3n) is 5.91. The van der Waals surface area contributed by atoms with Gasteiger partial charge in [-0.15, -0.1) is 0 Å². The van der Waals surface area contributed by atoms with Crippen LogP contribution in [0.5, 0.6) is 0 Å². The molecule has 2 fully saturated rings. The minimum Gasteiger partial charge on any atom is -0.378 e. The molecule has 2 nitrogen and oxygen atoms in total. The second-order valence-electron chi connectivity index (χ2n) is 7.67. The minimum atomic E-state index is -1.63. The highest BCUT2D eigenvalue weighted by molar-refractivity contribution is 4.95. The van der Waals surface area contributed by atoms with Gasteiger partial charge >= 0.3 is 0 Å². The molecule has 2 rings (SSSR count). The van der Waals surface area contributed by atoms with Gasteiger partial charge in [0, 0.05) is 19.6 Å². The summed E-state index contributed by atoms with van der Waals surface area (Å²) in [6, 6.07) is 0. The van der Waals surface area contributed by atoms with Crippen LogP contribution in [0.15, 0.2) is 0 Å². The zero-order chi connectivity index (χ0) is 18.2. The summed E-state index contributed by atoms with van der Waals surface area (Å²) in [5, 5.41) is 0. The molecule has 0 aliphatic heterocycles. The van der Waals surface area contributed by atoms with Gasteiger partial charge in [-0.25, -0.2) is 13.2 Å². The molecule has 0 aromatic rings. The Morgan fingerprint density at radius 2 is 1.56 bits per heavy atom. The lowest BCUT2D eigenvalue weighted by molar-refractivity contribution is -0.100. The van der Waals surface area contributed by atoms with E-state index in [0.717, 1.165) is 19.3 Å². The average molecular weight is 364 g/mol. The molecule has 0 N–H and O–H groups in total. The molecule has 2 saturated carbocycles. The fourth-order valence-corrected chi connectivity index (χ4v) is 4.47. The summed E-state index contributed by atoms with van der Waals surface area (Å²) in [5.74, 6) is -0.900. The maximum absolute atomic E-state index is 14.7. The second kappa shape index (κ2) is 10.8. The highest BCUT2D eigenvalue weighted by Gasteiger charge is 2.47. The van der Waals surface area contributed by atoms with Gasteiger partial charge in [0.15, 0.2) is 6.17 Å². The lowest BCUT2D eigenvalue weighted by Crippen LogP contribution is -2.48. The van der Waals surface area contributed by atoms with E-state index in [9.17, 15) is 13.2 Å². The van der Waals surface area contributed by atoms with Gasteiger partial charge in [-0.05, 0) is 50.9 Å². The SMILES string of the molecule is CCCCCCOC1CCC(C2CCC(OCC)C(F)C2F)C(F)C1. The molecule has 2 aliphatic carbocycles. The van der Waals surface area contributed by atoms with Crippen LogP contribution in [0.25, 0.3) is 0 Å². The molecule has 5 heteroatoms. The van der Waals surface area contributed by atoms with E-state index in [1.54, 1.807) is 6.92 Å². The van der Waals surface area contributed by atoms with Crippen LogP contribution in [0.4, 0.5) is 13.2 Å². The summed E-state index contributed by atoms with van der Waals surface area (Å²) < 4.78 is 54.5. The van der Waals surface area contributed by atoms with E-state index in [-0.39, 0.29) is 12.0 Å². The number of rotatable bonds is 9. The summed E-state index contributed by atoms with van der Waals surface area (Å²) in [6.07, 6.45) is 2.17. The third kappa shape index (κ3) is 5.85. The van der Waals surface area contributed by atoms with Gasteiger partial charge in [0.1, 0.15) is 12.3 Å². The maximum Gasteiger partial charge on any atom is 0.157 e. The molecule has 7 unspecified atom stereocenters. The Hall–Kier alpha value is -0.290. The van der Waals surface area contributed by atoms with E-state index in [4.69, 9.17) is 9.47 Å². The van der Waals surface area contributed by atoms with Crippen molar-refractivity contribution in [3.05, 3.63) is 0 Å². The highest BCUT2D eigenvalue weighted by atomic mass is 19.2. The molecular formula is C20H35F3O2. The van der Waals surface area contributed by atoms with Crippen LogP contribution in [0, 0.1) is 11.8 Å². The molecule has 0 heterocycles. The molecule has 7 atom stereocenters. The fourth-order valence-electron chi connectivity index (χ4n) is 4.47. The van der Waals surface area contributed by atoms with E-state index in [1.165, 1.54) is 12.8 Å². The lowest BCUT2D eigenvalue weighted by atomic mass is 9.70. The first kappa shape index (κ1) is 21.0. The fraction of sp³-hybridized carbons (Fsp3) is 1.00. The quantitative estimate of drug-likeness (QED) is 0.497. The predicted octanol–water partition coefficient (Wildman–Crippen LogP) is 5.58. The Bertz CT molecular complexity index is 369. The first-order valence-corrected chi connectivity index (χ1v) is 10.2. The average Bonchev–Trinajstić information content (AvgIpc) is 2.60. The van der Waals surface area contributed by atoms with Gasteiger partial charge < -0.3 is 9.47 Å². The number of hydrogen-bond acceptors (Lipinski definition) is 2. The molecule has 0 saturated heterocycles. The Morgan fingerprint density at radius 3 is 2.24 bits per heavy atom. The Balaban J connectivity index is 1.77. The van der Waals surface area contributed by atoms with Gasteiger partial charge in [-0.3, -0.25) is 0 Å². The van der Waals surface area contributed by atoms with E-state index < -0.39 is 30.5 Å². The van der Waals surface area contributed by atoms with Crippen molar-refractivity contribution >= 4 is 0 Å². The largest absolute Gasteiger partial charge is 0.378 e. The van der Waals surface area contributed by atoms with Crippen molar-refractivity contribution in [2.45, 2.75) is 102 Å². The molecule has 2 aliphatic rings. The number of hydrogen-bond donors (Lipinski definition) is 0. The van der Waals surface area contributed by atoms with Crippen molar-refractivity contribution < 1.29 is 22.6 Å². The first-order valence-electron chi connectivity index (χ1n) is 10.2. The molecule has 0 amide bonds. The van der Waals surface area contributed by atoms with Gasteiger partial charge in [0.25, 0.3) is 0 Å². The van der Waals surface area contributed by atoms with Crippen LogP contribution >= 0.6 is 0 Å². The van der Waals surface area contributed by atoms with Gasteiger partial charge in [-0.1, -0.05) is 26.2 Å². The summed E-state index contributed by atoms with van der Waals surface area (Å²) in [7, 11) is 0. The zero-order valence-corrected chi connectivity index (χ0v) is 15.8. The van der Waals surface area contributed by atoms with Gasteiger partial charge in [0.05, 0.1) is 12.2 Å². The summed E-state index contributed by atoms with van der Waals surface area (Å²) in [5.41, 5.74) is 0. The zero-order valence-electron chi connectivity index (χ0n) is 15.8. The Morgan fingerprint density at radius 1 is 0.800 bits per heavy atom. The number of unbranched alkanes of at least 4 members (excludes halogenated alkanes) is 3. The van der Waals surface area contributed by atoms with Crippen molar-refractivity contribution in [1.29, 1.82) is 0 Å². The van der Waals surface area contributed by atoms with Crippen LogP contribution < -0.4 is 0 Å². The molecule has 0 aromatic heterocycles. The van der Waals surface area contributed by atoms with E-state index in [1.807, 2.05) is 0 Å². The topological polar surface area (TPSA) is 18.5 Å². The third-order valence-corrected chi connectivity index (χ3v) is 5.91. The molecule has 25 heavy (non-hydrogen) atoms. The summed E-state index contributed by atoms with van der Waals surface area (Å²) >= 11 is 0. The standard InChI is InChI=1S/C20H35F3O2/c1-3-5-6-7-12-25-14-8-9-15(17(21)13-14)16-10-11-18(24-4-2)20(23)19(16)22/h14-20H,3-13H2,1-2H3. The number of ether oxygens (including phenoxy) is 2. The molecule has 0 bridgehead atoms. The van der Waals surface area contributed by atoms with Crippen LogP contribution in [-0.2, 0) is 9.47 Å². The minimum absolute atomic E-state index is 0.0631. The van der Waals surface area contributed by atoms with Crippen molar-refractivity contribution in [2.24, 2.45) is 11.8 Å². The second-order valence-corrected chi connectivity index (χ2v) is 7.67. The highest BCUT2D eigenvalue weighted by Crippen LogP contribution is 2.43. The van der Waals surface area contributed by atoms with Crippen LogP contribution in [0.3, 0.4) is 0 Å². The van der Waals surface area contributed by atoms with E-state index in [0.29, 0.717) is 38.9 Å². The van der Waals surface area contributed by atoms with Crippen molar-refractivity contribution in [1.82, 2.24) is 0 Å². The van der Waals surface area contributed by atoms with Crippen molar-refractivity contribution in [3.63, 3.8) is 0 Å². The predicted molar refractivity (Wildman–Crippen MR) is 94.0 cm³/mol. The van der Waals surface area contributed by atoms with Gasteiger partial charge in [0.2, 0.25) is 0 Å². The van der Waals surface area contributed by atoms with E-state index >= 15 is 0 Å².